The van der Waals surface area contributed by atoms with Crippen molar-refractivity contribution in [2.75, 3.05) is 16.4 Å². The van der Waals surface area contributed by atoms with Gasteiger partial charge in [-0.1, -0.05) is 12.1 Å². The molecule has 1 aromatic carbocycles. The van der Waals surface area contributed by atoms with E-state index in [-0.39, 0.29) is 5.82 Å². The third-order valence-corrected chi connectivity index (χ3v) is 3.02. The summed E-state index contributed by atoms with van der Waals surface area (Å²) < 4.78 is 18.9. The molecule has 0 bridgehead atoms. The van der Waals surface area contributed by atoms with Gasteiger partial charge < -0.3 is 20.8 Å². The molecule has 2 heterocycles. The lowest BCUT2D eigenvalue weighted by atomic mass is 10.3. The molecule has 3 aromatic rings. The number of nitrogens with zero attached hydrogens (tertiary/aromatic N) is 2. The number of nitrogen functional groups attached to an aromatic ring is 1. The third-order valence-electron chi connectivity index (χ3n) is 3.02. The maximum Gasteiger partial charge on any atom is 0.159 e. The van der Waals surface area contributed by atoms with Gasteiger partial charge in [0.1, 0.15) is 23.6 Å². The second-order valence-corrected chi connectivity index (χ2v) is 4.52. The van der Waals surface area contributed by atoms with Gasteiger partial charge in [0, 0.05) is 0 Å². The summed E-state index contributed by atoms with van der Waals surface area (Å²) in [6, 6.07) is 9.93. The number of nitrogens with two attached hydrogens (primary N) is 1. The molecule has 7 heteroatoms. The monoisotopic (exact) mass is 299 g/mol. The molecule has 0 saturated heterocycles. The molecule has 0 unspecified atom stereocenters. The highest BCUT2D eigenvalue weighted by molar-refractivity contribution is 5.77. The van der Waals surface area contributed by atoms with Crippen molar-refractivity contribution in [3.63, 3.8) is 0 Å². The number of halogens is 1. The predicted octanol–water partition coefficient (Wildman–Crippen LogP) is 3.15. The van der Waals surface area contributed by atoms with Crippen LogP contribution < -0.4 is 16.4 Å². The van der Waals surface area contributed by atoms with Gasteiger partial charge in [0.05, 0.1) is 18.5 Å². The Bertz CT molecular complexity index is 760. The summed E-state index contributed by atoms with van der Waals surface area (Å²) in [5.41, 5.74) is 6.62. The van der Waals surface area contributed by atoms with Crippen molar-refractivity contribution >= 4 is 23.0 Å². The molecule has 0 aliphatic heterocycles. The number of aromatic nitrogens is 2. The number of benzene rings is 1. The van der Waals surface area contributed by atoms with Gasteiger partial charge in [-0.15, -0.1) is 0 Å². The molecule has 0 spiro atoms. The van der Waals surface area contributed by atoms with E-state index >= 15 is 0 Å². The van der Waals surface area contributed by atoms with E-state index in [0.717, 1.165) is 5.76 Å². The molecule has 0 atom stereocenters. The standard InChI is InChI=1S/C15H14FN5O/c16-11-5-1-2-6-12(11)21-15-13(17)14(19-9-20-15)18-8-10-4-3-7-22-10/h1-7,9H,8,17H2,(H2,18,19,20,21). The highest BCUT2D eigenvalue weighted by atomic mass is 19.1. The van der Waals surface area contributed by atoms with Crippen molar-refractivity contribution in [3.8, 4) is 0 Å². The summed E-state index contributed by atoms with van der Waals surface area (Å²) in [5, 5.41) is 5.91. The van der Waals surface area contributed by atoms with Gasteiger partial charge >= 0.3 is 0 Å². The highest BCUT2D eigenvalue weighted by Gasteiger charge is 2.10. The Kier molecular flexibility index (Phi) is 3.86. The SMILES string of the molecule is Nc1c(NCc2ccco2)ncnc1Nc1ccccc1F. The van der Waals surface area contributed by atoms with Crippen LogP contribution in [0, 0.1) is 5.82 Å². The lowest BCUT2D eigenvalue weighted by Crippen LogP contribution is -2.08. The first-order chi connectivity index (χ1) is 10.7. The third kappa shape index (κ3) is 2.98. The maximum atomic E-state index is 13.7. The number of rotatable bonds is 5. The molecule has 0 radical (unpaired) electrons. The minimum atomic E-state index is -0.384. The van der Waals surface area contributed by atoms with Gasteiger partial charge in [-0.3, -0.25) is 0 Å². The summed E-state index contributed by atoms with van der Waals surface area (Å²) in [6.45, 7) is 0.438. The quantitative estimate of drug-likeness (QED) is 0.670. The van der Waals surface area contributed by atoms with Crippen LogP contribution >= 0.6 is 0 Å². The Hall–Kier alpha value is -3.09. The molecule has 0 amide bonds. The van der Waals surface area contributed by atoms with Crippen molar-refractivity contribution in [1.29, 1.82) is 0 Å². The molecular formula is C15H14FN5O. The Morgan fingerprint density at radius 1 is 1.09 bits per heavy atom. The summed E-state index contributed by atoms with van der Waals surface area (Å²) in [6.07, 6.45) is 2.94. The molecule has 0 fully saturated rings. The van der Waals surface area contributed by atoms with E-state index in [2.05, 4.69) is 20.6 Å². The zero-order valence-corrected chi connectivity index (χ0v) is 11.6. The van der Waals surface area contributed by atoms with Crippen LogP contribution in [0.4, 0.5) is 27.4 Å². The summed E-state index contributed by atoms with van der Waals surface area (Å²) in [7, 11) is 0. The number of hydrogen-bond acceptors (Lipinski definition) is 6. The Morgan fingerprint density at radius 2 is 1.91 bits per heavy atom. The van der Waals surface area contributed by atoms with Crippen LogP contribution in [0.3, 0.4) is 0 Å². The smallest absolute Gasteiger partial charge is 0.159 e. The van der Waals surface area contributed by atoms with Crippen molar-refractivity contribution in [1.82, 2.24) is 9.97 Å². The van der Waals surface area contributed by atoms with Gasteiger partial charge in [0.2, 0.25) is 0 Å². The van der Waals surface area contributed by atoms with Crippen molar-refractivity contribution < 1.29 is 8.81 Å². The lowest BCUT2D eigenvalue weighted by molar-refractivity contribution is 0.518. The van der Waals surface area contributed by atoms with E-state index in [1.807, 2.05) is 6.07 Å². The molecular weight excluding hydrogens is 285 g/mol. The molecule has 2 aromatic heterocycles. The van der Waals surface area contributed by atoms with E-state index in [0.29, 0.717) is 29.6 Å². The van der Waals surface area contributed by atoms with E-state index in [4.69, 9.17) is 10.2 Å². The van der Waals surface area contributed by atoms with Crippen LogP contribution in [0.1, 0.15) is 5.76 Å². The van der Waals surface area contributed by atoms with Crippen LogP contribution in [-0.2, 0) is 6.54 Å². The molecule has 22 heavy (non-hydrogen) atoms. The summed E-state index contributed by atoms with van der Waals surface area (Å²) >= 11 is 0. The highest BCUT2D eigenvalue weighted by Crippen LogP contribution is 2.27. The molecule has 0 aliphatic carbocycles. The van der Waals surface area contributed by atoms with Crippen LogP contribution in [0.2, 0.25) is 0 Å². The summed E-state index contributed by atoms with van der Waals surface area (Å²) in [4.78, 5) is 8.12. The second kappa shape index (κ2) is 6.13. The van der Waals surface area contributed by atoms with Gasteiger partial charge in [0.25, 0.3) is 0 Å². The number of anilines is 4. The molecule has 6 nitrogen and oxygen atoms in total. The minimum absolute atomic E-state index is 0.296. The normalized spacial score (nSPS) is 10.4. The van der Waals surface area contributed by atoms with Gasteiger partial charge in [0.15, 0.2) is 11.6 Å². The van der Waals surface area contributed by atoms with E-state index in [9.17, 15) is 4.39 Å². The fraction of sp³-hybridized carbons (Fsp3) is 0.0667. The fourth-order valence-corrected chi connectivity index (χ4v) is 1.91. The van der Waals surface area contributed by atoms with Crippen molar-refractivity contribution in [2.45, 2.75) is 6.54 Å². The summed E-state index contributed by atoms with van der Waals surface area (Å²) in [5.74, 6) is 1.15. The van der Waals surface area contributed by atoms with Gasteiger partial charge in [-0.25, -0.2) is 14.4 Å². The Labute approximate surface area is 126 Å². The number of nitrogens with one attached hydrogen (secondary N) is 2. The Balaban J connectivity index is 1.78. The zero-order chi connectivity index (χ0) is 15.4. The van der Waals surface area contributed by atoms with Gasteiger partial charge in [-0.05, 0) is 24.3 Å². The van der Waals surface area contributed by atoms with Crippen molar-refractivity contribution in [2.24, 2.45) is 0 Å². The van der Waals surface area contributed by atoms with Crippen molar-refractivity contribution in [3.05, 3.63) is 60.6 Å². The van der Waals surface area contributed by atoms with Crippen LogP contribution in [0.5, 0.6) is 0 Å². The van der Waals surface area contributed by atoms with E-state index < -0.39 is 0 Å². The first-order valence-electron chi connectivity index (χ1n) is 6.62. The topological polar surface area (TPSA) is 89.0 Å². The first-order valence-corrected chi connectivity index (χ1v) is 6.62. The first kappa shape index (κ1) is 13.9. The molecule has 0 aliphatic rings. The van der Waals surface area contributed by atoms with Crippen LogP contribution in [-0.4, -0.2) is 9.97 Å². The molecule has 112 valence electrons. The number of furan rings is 1. The molecule has 4 N–H and O–H groups in total. The minimum Gasteiger partial charge on any atom is -0.467 e. The average molecular weight is 299 g/mol. The zero-order valence-electron chi connectivity index (χ0n) is 11.6. The van der Waals surface area contributed by atoms with Crippen LogP contribution in [0.25, 0.3) is 0 Å². The average Bonchev–Trinajstić information content (AvgIpc) is 3.04. The predicted molar refractivity (Wildman–Crippen MR) is 82.2 cm³/mol. The molecule has 3 rings (SSSR count). The number of para-hydroxylation sites is 1. The maximum absolute atomic E-state index is 13.7. The number of hydrogen-bond donors (Lipinski definition) is 3. The Morgan fingerprint density at radius 3 is 2.68 bits per heavy atom. The fourth-order valence-electron chi connectivity index (χ4n) is 1.91. The van der Waals surface area contributed by atoms with E-state index in [1.165, 1.54) is 12.4 Å². The van der Waals surface area contributed by atoms with Crippen LogP contribution in [0.15, 0.2) is 53.4 Å². The van der Waals surface area contributed by atoms with E-state index in [1.54, 1.807) is 30.5 Å². The van der Waals surface area contributed by atoms with Gasteiger partial charge in [-0.2, -0.15) is 0 Å². The second-order valence-electron chi connectivity index (χ2n) is 4.52. The largest absolute Gasteiger partial charge is 0.467 e. The molecule has 0 saturated carbocycles. The lowest BCUT2D eigenvalue weighted by Gasteiger charge is -2.12.